The topological polar surface area (TPSA) is 109 Å². The van der Waals surface area contributed by atoms with Gasteiger partial charge in [0.2, 0.25) is 0 Å². The monoisotopic (exact) mass is 393 g/mol. The van der Waals surface area contributed by atoms with Gasteiger partial charge in [-0.2, -0.15) is 0 Å². The van der Waals surface area contributed by atoms with Crippen LogP contribution in [0.5, 0.6) is 0 Å². The molecule has 9 heteroatoms. The molecule has 0 bridgehead atoms. The summed E-state index contributed by atoms with van der Waals surface area (Å²) >= 11 is 0. The van der Waals surface area contributed by atoms with Crippen molar-refractivity contribution in [3.63, 3.8) is 0 Å². The lowest BCUT2D eigenvalue weighted by Crippen LogP contribution is -2.43. The van der Waals surface area contributed by atoms with Crippen molar-refractivity contribution in [1.29, 1.82) is 0 Å². The van der Waals surface area contributed by atoms with Gasteiger partial charge in [-0.1, -0.05) is 18.2 Å². The Balaban J connectivity index is 2.09. The maximum atomic E-state index is 12.9. The minimum atomic E-state index is -3.82. The second kappa shape index (κ2) is 9.33. The molecule has 1 aromatic carbocycles. The number of nitrogens with one attached hydrogen (secondary N) is 2. The molecule has 0 saturated carbocycles. The van der Waals surface area contributed by atoms with Gasteiger partial charge in [0.05, 0.1) is 11.2 Å². The first-order valence-corrected chi connectivity index (χ1v) is 9.90. The van der Waals surface area contributed by atoms with E-state index in [1.165, 1.54) is 24.5 Å². The first-order chi connectivity index (χ1) is 12.8. The van der Waals surface area contributed by atoms with Crippen molar-refractivity contribution < 1.29 is 22.4 Å². The predicted molar refractivity (Wildman–Crippen MR) is 99.7 cm³/mol. The highest BCUT2D eigenvalue weighted by Gasteiger charge is 2.32. The lowest BCUT2D eigenvalue weighted by molar-refractivity contribution is -0.139. The fraction of sp³-hybridized carbons (Fsp3) is 0.333. The Hall–Kier alpha value is -2.65. The molecule has 0 radical (unpaired) electrons. The number of sulfone groups is 1. The molecule has 1 unspecified atom stereocenters. The fourth-order valence-corrected chi connectivity index (χ4v) is 3.96. The molecule has 0 aliphatic carbocycles. The zero-order chi connectivity index (χ0) is 19.9. The molecule has 2 rings (SSSR count). The summed E-state index contributed by atoms with van der Waals surface area (Å²) in [4.78, 5) is 25.8. The number of hydrogen-bond acceptors (Lipinski definition) is 6. The van der Waals surface area contributed by atoms with E-state index in [1.54, 1.807) is 24.3 Å². The van der Waals surface area contributed by atoms with Crippen molar-refractivity contribution in [2.24, 2.45) is 0 Å². The van der Waals surface area contributed by atoms with Crippen LogP contribution in [-0.2, 0) is 19.4 Å². The van der Waals surface area contributed by atoms with Gasteiger partial charge in [-0.15, -0.1) is 0 Å². The van der Waals surface area contributed by atoms with Gasteiger partial charge >= 0.3 is 11.8 Å². The van der Waals surface area contributed by atoms with Crippen LogP contribution in [-0.4, -0.2) is 58.9 Å². The second-order valence-electron chi connectivity index (χ2n) is 6.13. The first kappa shape index (κ1) is 20.7. The molecule has 8 nitrogen and oxygen atoms in total. The average Bonchev–Trinajstić information content (AvgIpc) is 3.16. The molecule has 1 atom stereocenters. The Morgan fingerprint density at radius 1 is 1.04 bits per heavy atom. The summed E-state index contributed by atoms with van der Waals surface area (Å²) in [5.41, 5.74) is 0. The van der Waals surface area contributed by atoms with E-state index in [0.29, 0.717) is 13.1 Å². The molecule has 0 saturated heterocycles. The fourth-order valence-electron chi connectivity index (χ4n) is 2.35. The number of carbonyl (C=O) groups excluding carboxylic acids is 2. The van der Waals surface area contributed by atoms with Crippen LogP contribution in [0.2, 0.25) is 0 Å². The van der Waals surface area contributed by atoms with Gasteiger partial charge in [-0.3, -0.25) is 9.59 Å². The van der Waals surface area contributed by atoms with E-state index in [0.717, 1.165) is 0 Å². The average molecular weight is 393 g/mol. The van der Waals surface area contributed by atoms with Crippen LogP contribution in [0.4, 0.5) is 0 Å². The molecule has 27 heavy (non-hydrogen) atoms. The molecule has 1 aromatic heterocycles. The molecule has 0 spiro atoms. The highest BCUT2D eigenvalue weighted by molar-refractivity contribution is 7.91. The summed E-state index contributed by atoms with van der Waals surface area (Å²) in [5, 5.41) is 3.71. The van der Waals surface area contributed by atoms with Gasteiger partial charge < -0.3 is 20.0 Å². The van der Waals surface area contributed by atoms with Crippen LogP contribution in [0.1, 0.15) is 11.0 Å². The number of furan rings is 1. The van der Waals surface area contributed by atoms with E-state index in [2.05, 4.69) is 10.6 Å². The van der Waals surface area contributed by atoms with E-state index >= 15 is 0 Å². The lowest BCUT2D eigenvalue weighted by atomic mass is 10.3. The van der Waals surface area contributed by atoms with Gasteiger partial charge in [0.1, 0.15) is 11.0 Å². The number of hydrogen-bond donors (Lipinski definition) is 2. The first-order valence-electron chi connectivity index (χ1n) is 8.35. The third-order valence-corrected chi connectivity index (χ3v) is 5.88. The molecule has 146 valence electrons. The van der Waals surface area contributed by atoms with E-state index in [4.69, 9.17) is 4.42 Å². The maximum absolute atomic E-state index is 12.9. The zero-order valence-electron chi connectivity index (χ0n) is 15.2. The summed E-state index contributed by atoms with van der Waals surface area (Å²) in [5.74, 6) is -1.52. The highest BCUT2D eigenvalue weighted by Crippen LogP contribution is 2.28. The normalized spacial score (nSPS) is 12.6. The number of nitrogens with zero attached hydrogens (tertiary/aromatic N) is 1. The number of rotatable bonds is 8. The van der Waals surface area contributed by atoms with Crippen LogP contribution in [0, 0.1) is 0 Å². The Morgan fingerprint density at radius 3 is 2.30 bits per heavy atom. The molecular weight excluding hydrogens is 370 g/mol. The number of amides is 2. The van der Waals surface area contributed by atoms with Gasteiger partial charge in [-0.05, 0) is 38.4 Å². The summed E-state index contributed by atoms with van der Waals surface area (Å²) < 4.78 is 31.1. The van der Waals surface area contributed by atoms with E-state index in [1.807, 2.05) is 19.0 Å². The summed E-state index contributed by atoms with van der Waals surface area (Å²) in [6.45, 7) is 0.601. The SMILES string of the molecule is CN(C)CCNC(=O)C(=O)NCC(c1ccco1)S(=O)(=O)c1ccccc1. The summed E-state index contributed by atoms with van der Waals surface area (Å²) in [6.07, 6.45) is 1.36. The predicted octanol–water partition coefficient (Wildman–Crippen LogP) is 0.589. The van der Waals surface area contributed by atoms with Gasteiger partial charge in [-0.25, -0.2) is 8.42 Å². The molecule has 2 aromatic rings. The molecule has 2 amide bonds. The van der Waals surface area contributed by atoms with Crippen molar-refractivity contribution in [3.8, 4) is 0 Å². The standard InChI is InChI=1S/C18H23N3O5S/c1-21(2)11-10-19-17(22)18(23)20-13-16(15-9-6-12-26-15)27(24,25)14-7-4-3-5-8-14/h3-9,12,16H,10-11,13H2,1-2H3,(H,19,22)(H,20,23). The van der Waals surface area contributed by atoms with Crippen LogP contribution >= 0.6 is 0 Å². The number of carbonyl (C=O) groups is 2. The maximum Gasteiger partial charge on any atom is 0.309 e. The third-order valence-electron chi connectivity index (χ3n) is 3.81. The van der Waals surface area contributed by atoms with E-state index < -0.39 is 26.9 Å². The molecule has 0 aliphatic heterocycles. The van der Waals surface area contributed by atoms with Gasteiger partial charge in [0.15, 0.2) is 9.84 Å². The Morgan fingerprint density at radius 2 is 1.70 bits per heavy atom. The van der Waals surface area contributed by atoms with Crippen molar-refractivity contribution >= 4 is 21.7 Å². The molecule has 1 heterocycles. The Labute approximate surface area is 158 Å². The van der Waals surface area contributed by atoms with Crippen molar-refractivity contribution in [1.82, 2.24) is 15.5 Å². The van der Waals surface area contributed by atoms with E-state index in [9.17, 15) is 18.0 Å². The zero-order valence-corrected chi connectivity index (χ0v) is 16.0. The minimum absolute atomic E-state index is 0.107. The highest BCUT2D eigenvalue weighted by atomic mass is 32.2. The smallest absolute Gasteiger partial charge is 0.309 e. The van der Waals surface area contributed by atoms with Gasteiger partial charge in [0, 0.05) is 19.6 Å². The van der Waals surface area contributed by atoms with Gasteiger partial charge in [0.25, 0.3) is 0 Å². The third kappa shape index (κ3) is 5.66. The van der Waals surface area contributed by atoms with Crippen molar-refractivity contribution in [3.05, 3.63) is 54.5 Å². The van der Waals surface area contributed by atoms with Crippen LogP contribution < -0.4 is 10.6 Å². The molecule has 0 fully saturated rings. The minimum Gasteiger partial charge on any atom is -0.468 e. The summed E-state index contributed by atoms with van der Waals surface area (Å²) in [7, 11) is -0.137. The van der Waals surface area contributed by atoms with Crippen molar-refractivity contribution in [2.45, 2.75) is 10.1 Å². The largest absolute Gasteiger partial charge is 0.468 e. The molecular formula is C18H23N3O5S. The lowest BCUT2D eigenvalue weighted by Gasteiger charge is -2.16. The number of benzene rings is 1. The van der Waals surface area contributed by atoms with Crippen LogP contribution in [0.15, 0.2) is 58.0 Å². The van der Waals surface area contributed by atoms with Crippen LogP contribution in [0.3, 0.4) is 0 Å². The molecule has 2 N–H and O–H groups in total. The number of likely N-dealkylation sites (N-methyl/N-ethyl adjacent to an activating group) is 1. The van der Waals surface area contributed by atoms with Crippen LogP contribution in [0.25, 0.3) is 0 Å². The second-order valence-corrected chi connectivity index (χ2v) is 8.26. The van der Waals surface area contributed by atoms with E-state index in [-0.39, 0.29) is 17.2 Å². The van der Waals surface area contributed by atoms with Crippen molar-refractivity contribution in [2.75, 3.05) is 33.7 Å². The summed E-state index contributed by atoms with van der Waals surface area (Å²) in [6, 6.07) is 11.0. The Kier molecular flexibility index (Phi) is 7.14. The molecule has 0 aliphatic rings. The quantitative estimate of drug-likeness (QED) is 0.636. The Bertz CT molecular complexity index is 848.